The van der Waals surface area contributed by atoms with Gasteiger partial charge in [0.25, 0.3) is 0 Å². The van der Waals surface area contributed by atoms with E-state index in [1.807, 2.05) is 96.1 Å². The van der Waals surface area contributed by atoms with Crippen LogP contribution in [0.5, 0.6) is 5.75 Å². The van der Waals surface area contributed by atoms with Crippen molar-refractivity contribution in [1.29, 1.82) is 0 Å². The van der Waals surface area contributed by atoms with Crippen LogP contribution in [0.1, 0.15) is 59.1 Å². The number of likely N-dealkylation sites (tertiary alicyclic amines) is 1. The van der Waals surface area contributed by atoms with Crippen LogP contribution >= 0.6 is 0 Å². The Morgan fingerprint density at radius 3 is 2.29 bits per heavy atom. The normalized spacial score (nSPS) is 16.0. The second-order valence-corrected chi connectivity index (χ2v) is 12.3. The summed E-state index contributed by atoms with van der Waals surface area (Å²) < 4.78 is 22.4. The molecule has 2 aromatic rings. The van der Waals surface area contributed by atoms with E-state index < -0.39 is 23.2 Å². The molecule has 0 radical (unpaired) electrons. The van der Waals surface area contributed by atoms with E-state index in [2.05, 4.69) is 5.32 Å². The zero-order valence-corrected chi connectivity index (χ0v) is 25.1. The number of carbonyl (C=O) groups is 3. The minimum Gasteiger partial charge on any atom is -0.492 e. The molecule has 1 heterocycles. The Morgan fingerprint density at radius 2 is 1.61 bits per heavy atom. The van der Waals surface area contributed by atoms with E-state index in [1.165, 1.54) is 0 Å². The highest BCUT2D eigenvalue weighted by Gasteiger charge is 2.39. The lowest BCUT2D eigenvalue weighted by Crippen LogP contribution is -2.38. The van der Waals surface area contributed by atoms with Gasteiger partial charge in [-0.1, -0.05) is 42.5 Å². The minimum absolute atomic E-state index is 0.0620. The quantitative estimate of drug-likeness (QED) is 0.221. The first-order valence-electron chi connectivity index (χ1n) is 14.2. The maximum Gasteiger partial charge on any atom is 0.410 e. The predicted molar refractivity (Wildman–Crippen MR) is 156 cm³/mol. The van der Waals surface area contributed by atoms with Crippen molar-refractivity contribution in [2.75, 3.05) is 26.2 Å². The third kappa shape index (κ3) is 11.3. The number of ether oxygens (including phenoxy) is 4. The second-order valence-electron chi connectivity index (χ2n) is 12.3. The number of esters is 1. The van der Waals surface area contributed by atoms with Gasteiger partial charge in [-0.25, -0.2) is 9.59 Å². The van der Waals surface area contributed by atoms with Crippen molar-refractivity contribution < 1.29 is 33.3 Å². The first-order chi connectivity index (χ1) is 19.3. The van der Waals surface area contributed by atoms with Crippen LogP contribution in [0.4, 0.5) is 9.59 Å². The number of hydrogen-bond acceptors (Lipinski definition) is 7. The van der Waals surface area contributed by atoms with Crippen LogP contribution < -0.4 is 10.1 Å². The van der Waals surface area contributed by atoms with Crippen LogP contribution in [0.3, 0.4) is 0 Å². The van der Waals surface area contributed by atoms with Crippen molar-refractivity contribution in [1.82, 2.24) is 10.2 Å². The molecule has 2 atom stereocenters. The molecule has 2 amide bonds. The van der Waals surface area contributed by atoms with Crippen molar-refractivity contribution in [3.63, 3.8) is 0 Å². The van der Waals surface area contributed by atoms with Gasteiger partial charge in [0.05, 0.1) is 12.5 Å². The summed E-state index contributed by atoms with van der Waals surface area (Å²) in [7, 11) is 0. The van der Waals surface area contributed by atoms with Crippen molar-refractivity contribution in [2.45, 2.75) is 72.2 Å². The summed E-state index contributed by atoms with van der Waals surface area (Å²) in [6.45, 7) is 12.8. The van der Waals surface area contributed by atoms with Gasteiger partial charge in [-0.2, -0.15) is 0 Å². The third-order valence-electron chi connectivity index (χ3n) is 6.36. The number of rotatable bonds is 10. The molecule has 9 nitrogen and oxygen atoms in total. The fourth-order valence-electron chi connectivity index (χ4n) is 4.54. The number of amides is 2. The second kappa shape index (κ2) is 14.2. The summed E-state index contributed by atoms with van der Waals surface area (Å²) >= 11 is 0. The van der Waals surface area contributed by atoms with Gasteiger partial charge in [0.15, 0.2) is 0 Å². The lowest BCUT2D eigenvalue weighted by atomic mass is 9.86. The van der Waals surface area contributed by atoms with Crippen molar-refractivity contribution in [3.8, 4) is 5.75 Å². The van der Waals surface area contributed by atoms with Crippen LogP contribution in [0.2, 0.25) is 0 Å². The van der Waals surface area contributed by atoms with E-state index in [4.69, 9.17) is 18.9 Å². The lowest BCUT2D eigenvalue weighted by molar-refractivity contribution is -0.162. The van der Waals surface area contributed by atoms with Crippen molar-refractivity contribution in [3.05, 3.63) is 65.7 Å². The number of nitrogens with one attached hydrogen (secondary N) is 1. The molecule has 1 saturated heterocycles. The third-order valence-corrected chi connectivity index (χ3v) is 6.36. The van der Waals surface area contributed by atoms with Crippen LogP contribution in [0.25, 0.3) is 0 Å². The topological polar surface area (TPSA) is 103 Å². The molecule has 1 aliphatic rings. The molecule has 0 bridgehead atoms. The molecule has 0 unspecified atom stereocenters. The molecule has 41 heavy (non-hydrogen) atoms. The van der Waals surface area contributed by atoms with Gasteiger partial charge in [-0.15, -0.1) is 0 Å². The van der Waals surface area contributed by atoms with Crippen molar-refractivity contribution >= 4 is 18.2 Å². The maximum atomic E-state index is 13.3. The van der Waals surface area contributed by atoms with Gasteiger partial charge in [0.2, 0.25) is 0 Å². The molecule has 1 N–H and O–H groups in total. The van der Waals surface area contributed by atoms with Gasteiger partial charge in [-0.3, -0.25) is 4.79 Å². The van der Waals surface area contributed by atoms with Gasteiger partial charge in [0.1, 0.15) is 30.2 Å². The minimum atomic E-state index is -0.626. The average Bonchev–Trinajstić information content (AvgIpc) is 3.38. The van der Waals surface area contributed by atoms with E-state index >= 15 is 0 Å². The SMILES string of the molecule is CC(C)(C)OC(=O)[C@@H](Cc1cccc(OCCNC(=O)OCc2ccccc2)c1)[C@@H]1CCN(C(=O)OC(C)(C)C)C1. The summed E-state index contributed by atoms with van der Waals surface area (Å²) in [6, 6.07) is 17.0. The summed E-state index contributed by atoms with van der Waals surface area (Å²) in [5.41, 5.74) is 0.622. The largest absolute Gasteiger partial charge is 0.492 e. The van der Waals surface area contributed by atoms with E-state index in [0.717, 1.165) is 11.1 Å². The van der Waals surface area contributed by atoms with Crippen LogP contribution in [-0.4, -0.2) is 60.5 Å². The highest BCUT2D eigenvalue weighted by atomic mass is 16.6. The molecule has 2 aromatic carbocycles. The molecule has 0 aromatic heterocycles. The Bertz CT molecular complexity index is 1150. The predicted octanol–water partition coefficient (Wildman–Crippen LogP) is 5.75. The van der Waals surface area contributed by atoms with Gasteiger partial charge < -0.3 is 29.2 Å². The molecule has 1 fully saturated rings. The zero-order valence-electron chi connectivity index (χ0n) is 25.1. The fourth-order valence-corrected chi connectivity index (χ4v) is 4.54. The first-order valence-corrected chi connectivity index (χ1v) is 14.2. The smallest absolute Gasteiger partial charge is 0.410 e. The number of hydrogen-bond donors (Lipinski definition) is 1. The Morgan fingerprint density at radius 1 is 0.927 bits per heavy atom. The average molecular weight is 569 g/mol. The van der Waals surface area contributed by atoms with E-state index in [-0.39, 0.29) is 37.7 Å². The number of benzene rings is 2. The number of carbonyl (C=O) groups excluding carboxylic acids is 3. The lowest BCUT2D eigenvalue weighted by Gasteiger charge is -2.28. The van der Waals surface area contributed by atoms with E-state index in [0.29, 0.717) is 31.7 Å². The summed E-state index contributed by atoms with van der Waals surface area (Å²) in [6.07, 6.45) is 0.258. The number of nitrogens with zero attached hydrogens (tertiary/aromatic N) is 1. The first kappa shape index (κ1) is 31.8. The van der Waals surface area contributed by atoms with Gasteiger partial charge >= 0.3 is 18.2 Å². The molecule has 9 heteroatoms. The molecule has 224 valence electrons. The van der Waals surface area contributed by atoms with Crippen molar-refractivity contribution in [2.24, 2.45) is 11.8 Å². The zero-order chi connectivity index (χ0) is 30.0. The molecule has 0 spiro atoms. The summed E-state index contributed by atoms with van der Waals surface area (Å²) in [5, 5.41) is 2.68. The summed E-state index contributed by atoms with van der Waals surface area (Å²) in [4.78, 5) is 39.6. The summed E-state index contributed by atoms with van der Waals surface area (Å²) in [5.74, 6) is -0.143. The molecule has 1 aliphatic heterocycles. The van der Waals surface area contributed by atoms with Crippen LogP contribution in [-0.2, 0) is 32.0 Å². The van der Waals surface area contributed by atoms with Gasteiger partial charge in [0, 0.05) is 13.1 Å². The fraction of sp³-hybridized carbons (Fsp3) is 0.531. The van der Waals surface area contributed by atoms with Crippen LogP contribution in [0, 0.1) is 11.8 Å². The Labute approximate surface area is 243 Å². The van der Waals surface area contributed by atoms with Crippen LogP contribution in [0.15, 0.2) is 54.6 Å². The molecule has 0 saturated carbocycles. The monoisotopic (exact) mass is 568 g/mol. The highest BCUT2D eigenvalue weighted by molar-refractivity contribution is 5.74. The Hall–Kier alpha value is -3.75. The molecule has 0 aliphatic carbocycles. The molecular weight excluding hydrogens is 524 g/mol. The Balaban J connectivity index is 1.56. The highest BCUT2D eigenvalue weighted by Crippen LogP contribution is 2.31. The molecular formula is C32H44N2O7. The maximum absolute atomic E-state index is 13.3. The standard InChI is InChI=1S/C32H44N2O7/c1-31(2,3)40-28(35)27(25-15-17-34(21-25)30(37)41-32(4,5)6)20-24-13-10-14-26(19-24)38-18-16-33-29(36)39-22-23-11-8-7-9-12-23/h7-14,19,25,27H,15-18,20-22H2,1-6H3,(H,33,36)/t25-,27+/m1/s1. The molecule has 3 rings (SSSR count). The van der Waals surface area contributed by atoms with Gasteiger partial charge in [-0.05, 0) is 83.6 Å². The number of alkyl carbamates (subject to hydrolysis) is 1. The Kier molecular flexibility index (Phi) is 11.0. The van der Waals surface area contributed by atoms with E-state index in [9.17, 15) is 14.4 Å². The van der Waals surface area contributed by atoms with E-state index in [1.54, 1.807) is 4.90 Å².